The van der Waals surface area contributed by atoms with Crippen LogP contribution in [-0.4, -0.2) is 25.3 Å². The number of aliphatic hydroxyl groups excluding tert-OH is 1. The van der Waals surface area contributed by atoms with Crippen molar-refractivity contribution in [1.82, 2.24) is 0 Å². The minimum Gasteiger partial charge on any atom is -0.396 e. The second kappa shape index (κ2) is 4.53. The van der Waals surface area contributed by atoms with Crippen molar-refractivity contribution in [2.24, 2.45) is 5.41 Å². The lowest BCUT2D eigenvalue weighted by Crippen LogP contribution is -2.28. The van der Waals surface area contributed by atoms with Gasteiger partial charge in [0.15, 0.2) is 0 Å². The molecule has 0 spiro atoms. The number of anilines is 1. The molecule has 1 aliphatic rings. The third kappa shape index (κ3) is 2.45. The minimum atomic E-state index is 0.164. The Labute approximate surface area is 114 Å². The zero-order chi connectivity index (χ0) is 13.5. The molecule has 0 saturated heterocycles. The lowest BCUT2D eigenvalue weighted by molar-refractivity contribution is 0.215. The van der Waals surface area contributed by atoms with Gasteiger partial charge in [0.25, 0.3) is 0 Å². The Morgan fingerprint density at radius 2 is 1.79 bits per heavy atom. The number of benzene rings is 2. The van der Waals surface area contributed by atoms with Gasteiger partial charge in [0.05, 0.1) is 6.61 Å². The summed E-state index contributed by atoms with van der Waals surface area (Å²) in [6, 6.07) is 13.2. The first-order valence-corrected chi connectivity index (χ1v) is 6.94. The van der Waals surface area contributed by atoms with Crippen LogP contribution in [0.4, 0.5) is 5.69 Å². The van der Waals surface area contributed by atoms with E-state index in [2.05, 4.69) is 55.3 Å². The third-order valence-corrected chi connectivity index (χ3v) is 4.29. The monoisotopic (exact) mass is 255 g/mol. The van der Waals surface area contributed by atoms with E-state index in [1.165, 1.54) is 22.0 Å². The van der Waals surface area contributed by atoms with Crippen LogP contribution in [0, 0.1) is 12.3 Å². The first-order valence-electron chi connectivity index (χ1n) is 6.94. The summed E-state index contributed by atoms with van der Waals surface area (Å²) in [6.45, 7) is 3.38. The molecular weight excluding hydrogens is 234 g/mol. The number of hydrogen-bond acceptors (Lipinski definition) is 2. The quantitative estimate of drug-likeness (QED) is 0.905. The average molecular weight is 255 g/mol. The first-order chi connectivity index (χ1) is 9.12. The van der Waals surface area contributed by atoms with E-state index < -0.39 is 0 Å². The molecule has 0 unspecified atom stereocenters. The molecule has 1 saturated carbocycles. The van der Waals surface area contributed by atoms with Crippen molar-refractivity contribution in [2.45, 2.75) is 19.8 Å². The fourth-order valence-electron chi connectivity index (χ4n) is 2.73. The smallest absolute Gasteiger partial charge is 0.0504 e. The van der Waals surface area contributed by atoms with Crippen molar-refractivity contribution in [3.63, 3.8) is 0 Å². The van der Waals surface area contributed by atoms with E-state index in [1.807, 2.05) is 0 Å². The van der Waals surface area contributed by atoms with Crippen LogP contribution in [0.5, 0.6) is 0 Å². The van der Waals surface area contributed by atoms with Crippen molar-refractivity contribution in [1.29, 1.82) is 0 Å². The molecule has 2 aromatic rings. The van der Waals surface area contributed by atoms with Gasteiger partial charge in [-0.15, -0.1) is 0 Å². The maximum Gasteiger partial charge on any atom is 0.0504 e. The van der Waals surface area contributed by atoms with Gasteiger partial charge in [-0.1, -0.05) is 29.8 Å². The van der Waals surface area contributed by atoms with Crippen LogP contribution in [0.25, 0.3) is 10.8 Å². The van der Waals surface area contributed by atoms with Gasteiger partial charge in [0.2, 0.25) is 0 Å². The molecule has 0 radical (unpaired) electrons. The average Bonchev–Trinajstić information content (AvgIpc) is 3.18. The van der Waals surface area contributed by atoms with Gasteiger partial charge >= 0.3 is 0 Å². The SMILES string of the molecule is Cc1ccc2cc(N(C)CC3(CO)CC3)ccc2c1. The summed E-state index contributed by atoms with van der Waals surface area (Å²) in [6.07, 6.45) is 2.31. The molecule has 0 atom stereocenters. The van der Waals surface area contributed by atoms with E-state index in [-0.39, 0.29) is 5.41 Å². The van der Waals surface area contributed by atoms with E-state index in [1.54, 1.807) is 0 Å². The fraction of sp³-hybridized carbons (Fsp3) is 0.412. The van der Waals surface area contributed by atoms with E-state index in [0.29, 0.717) is 6.61 Å². The van der Waals surface area contributed by atoms with E-state index >= 15 is 0 Å². The zero-order valence-corrected chi connectivity index (χ0v) is 11.7. The molecule has 2 heteroatoms. The van der Waals surface area contributed by atoms with Gasteiger partial charge in [0.1, 0.15) is 0 Å². The van der Waals surface area contributed by atoms with Gasteiger partial charge < -0.3 is 10.0 Å². The van der Waals surface area contributed by atoms with Gasteiger partial charge in [-0.05, 0) is 42.7 Å². The molecular formula is C17H21NO. The second-order valence-corrected chi connectivity index (χ2v) is 6.05. The Hall–Kier alpha value is -1.54. The largest absolute Gasteiger partial charge is 0.396 e. The number of aryl methyl sites for hydroxylation is 1. The summed E-state index contributed by atoms with van der Waals surface area (Å²) in [4.78, 5) is 2.27. The van der Waals surface area contributed by atoms with Crippen LogP contribution in [0.15, 0.2) is 36.4 Å². The summed E-state index contributed by atoms with van der Waals surface area (Å²) >= 11 is 0. The minimum absolute atomic E-state index is 0.164. The molecule has 0 aliphatic heterocycles. The first kappa shape index (κ1) is 12.5. The van der Waals surface area contributed by atoms with Crippen LogP contribution in [0.3, 0.4) is 0 Å². The molecule has 0 bridgehead atoms. The number of nitrogens with zero attached hydrogens (tertiary/aromatic N) is 1. The highest BCUT2D eigenvalue weighted by molar-refractivity contribution is 5.86. The normalized spacial score (nSPS) is 16.6. The predicted molar refractivity (Wildman–Crippen MR) is 80.7 cm³/mol. The molecule has 1 aliphatic carbocycles. The molecule has 2 aromatic carbocycles. The Bertz CT molecular complexity index is 601. The Morgan fingerprint density at radius 1 is 1.11 bits per heavy atom. The van der Waals surface area contributed by atoms with Gasteiger partial charge in [-0.3, -0.25) is 0 Å². The summed E-state index contributed by atoms with van der Waals surface area (Å²) in [5.41, 5.74) is 2.69. The Morgan fingerprint density at radius 3 is 2.47 bits per heavy atom. The lowest BCUT2D eigenvalue weighted by Gasteiger charge is -2.24. The molecule has 100 valence electrons. The fourth-order valence-corrected chi connectivity index (χ4v) is 2.73. The second-order valence-electron chi connectivity index (χ2n) is 6.05. The maximum atomic E-state index is 9.43. The Balaban J connectivity index is 1.86. The highest BCUT2D eigenvalue weighted by atomic mass is 16.3. The number of aliphatic hydroxyl groups is 1. The van der Waals surface area contributed by atoms with Gasteiger partial charge in [-0.2, -0.15) is 0 Å². The lowest BCUT2D eigenvalue weighted by atomic mass is 10.1. The molecule has 1 N–H and O–H groups in total. The van der Waals surface area contributed by atoms with E-state index in [4.69, 9.17) is 0 Å². The summed E-state index contributed by atoms with van der Waals surface area (Å²) < 4.78 is 0. The van der Waals surface area contributed by atoms with Crippen molar-refractivity contribution >= 4 is 16.5 Å². The van der Waals surface area contributed by atoms with E-state index in [9.17, 15) is 5.11 Å². The zero-order valence-electron chi connectivity index (χ0n) is 11.7. The predicted octanol–water partition coefficient (Wildman–Crippen LogP) is 3.36. The summed E-state index contributed by atoms with van der Waals surface area (Å²) in [7, 11) is 2.12. The maximum absolute atomic E-state index is 9.43. The summed E-state index contributed by atoms with van der Waals surface area (Å²) in [5.74, 6) is 0. The molecule has 3 rings (SSSR count). The van der Waals surface area contributed by atoms with Crippen molar-refractivity contribution in [3.8, 4) is 0 Å². The molecule has 0 aromatic heterocycles. The molecule has 0 amide bonds. The van der Waals surface area contributed by atoms with Gasteiger partial charge in [0, 0.05) is 24.7 Å². The Kier molecular flexibility index (Phi) is 2.98. The van der Waals surface area contributed by atoms with Crippen molar-refractivity contribution in [3.05, 3.63) is 42.0 Å². The summed E-state index contributed by atoms with van der Waals surface area (Å²) in [5, 5.41) is 12.0. The van der Waals surface area contributed by atoms with E-state index in [0.717, 1.165) is 19.4 Å². The molecule has 0 heterocycles. The molecule has 2 nitrogen and oxygen atoms in total. The van der Waals surface area contributed by atoms with Gasteiger partial charge in [-0.25, -0.2) is 0 Å². The van der Waals surface area contributed by atoms with Crippen LogP contribution in [0.2, 0.25) is 0 Å². The van der Waals surface area contributed by atoms with Crippen LogP contribution >= 0.6 is 0 Å². The number of fused-ring (bicyclic) bond motifs is 1. The third-order valence-electron chi connectivity index (χ3n) is 4.29. The van der Waals surface area contributed by atoms with Crippen molar-refractivity contribution < 1.29 is 5.11 Å². The van der Waals surface area contributed by atoms with Crippen LogP contribution < -0.4 is 4.90 Å². The molecule has 19 heavy (non-hydrogen) atoms. The standard InChI is InChI=1S/C17H21NO/c1-13-3-4-15-10-16(6-5-14(15)9-13)18(2)11-17(12-19)7-8-17/h3-6,9-10,19H,7-8,11-12H2,1-2H3. The highest BCUT2D eigenvalue weighted by Crippen LogP contribution is 2.46. The van der Waals surface area contributed by atoms with Crippen LogP contribution in [-0.2, 0) is 0 Å². The molecule has 1 fully saturated rings. The number of rotatable bonds is 4. The topological polar surface area (TPSA) is 23.5 Å². The highest BCUT2D eigenvalue weighted by Gasteiger charge is 2.42. The van der Waals surface area contributed by atoms with Crippen LogP contribution in [0.1, 0.15) is 18.4 Å². The number of hydrogen-bond donors (Lipinski definition) is 1. The van der Waals surface area contributed by atoms with Crippen molar-refractivity contribution in [2.75, 3.05) is 25.1 Å².